The van der Waals surface area contributed by atoms with Crippen LogP contribution in [0.25, 0.3) is 10.9 Å². The molecule has 1 aliphatic heterocycles. The van der Waals surface area contributed by atoms with Crippen molar-refractivity contribution in [3.63, 3.8) is 0 Å². The Bertz CT molecular complexity index is 1320. The fourth-order valence-electron chi connectivity index (χ4n) is 4.43. The summed E-state index contributed by atoms with van der Waals surface area (Å²) in [4.78, 5) is 21.9. The molecule has 35 heavy (non-hydrogen) atoms. The number of rotatable bonds is 6. The van der Waals surface area contributed by atoms with Crippen LogP contribution >= 0.6 is 0 Å². The van der Waals surface area contributed by atoms with Crippen LogP contribution in [0.2, 0.25) is 0 Å². The SMILES string of the molecule is COc1ccc(CN2CCN(C(=O)c3cc4cc(Oc5ccc(N)cn5)ccc4n3C)CC2)cc1. The number of amides is 1. The zero-order chi connectivity index (χ0) is 24.4. The van der Waals surface area contributed by atoms with Gasteiger partial charge in [-0.3, -0.25) is 9.69 Å². The lowest BCUT2D eigenvalue weighted by molar-refractivity contribution is 0.0619. The van der Waals surface area contributed by atoms with Crippen molar-refractivity contribution in [2.24, 2.45) is 7.05 Å². The van der Waals surface area contributed by atoms with Crippen LogP contribution in [0, 0.1) is 0 Å². The van der Waals surface area contributed by atoms with Gasteiger partial charge in [0.2, 0.25) is 5.88 Å². The molecule has 1 fully saturated rings. The van der Waals surface area contributed by atoms with E-state index in [4.69, 9.17) is 15.2 Å². The third kappa shape index (κ3) is 4.93. The lowest BCUT2D eigenvalue weighted by Crippen LogP contribution is -2.48. The molecule has 8 heteroatoms. The first kappa shape index (κ1) is 22.7. The lowest BCUT2D eigenvalue weighted by atomic mass is 10.2. The summed E-state index contributed by atoms with van der Waals surface area (Å²) in [6.45, 7) is 3.95. The minimum Gasteiger partial charge on any atom is -0.497 e. The Morgan fingerprint density at radius 1 is 0.971 bits per heavy atom. The molecule has 0 saturated carbocycles. The van der Waals surface area contributed by atoms with Gasteiger partial charge in [-0.15, -0.1) is 0 Å². The Labute approximate surface area is 204 Å². The number of aromatic nitrogens is 2. The van der Waals surface area contributed by atoms with E-state index in [0.29, 0.717) is 36.1 Å². The average molecular weight is 472 g/mol. The highest BCUT2D eigenvalue weighted by Gasteiger charge is 2.24. The number of nitrogen functional groups attached to an aromatic ring is 1. The van der Waals surface area contributed by atoms with E-state index < -0.39 is 0 Å². The predicted octanol–water partition coefficient (Wildman–Crippen LogP) is 3.91. The Hall–Kier alpha value is -4.04. The third-order valence-electron chi connectivity index (χ3n) is 6.44. The van der Waals surface area contributed by atoms with Gasteiger partial charge in [-0.1, -0.05) is 12.1 Å². The number of benzene rings is 2. The molecule has 2 N–H and O–H groups in total. The smallest absolute Gasteiger partial charge is 0.270 e. The van der Waals surface area contributed by atoms with Gasteiger partial charge >= 0.3 is 0 Å². The fourth-order valence-corrected chi connectivity index (χ4v) is 4.43. The quantitative estimate of drug-likeness (QED) is 0.459. The number of fused-ring (bicyclic) bond motifs is 1. The van der Waals surface area contributed by atoms with Crippen LogP contribution in [-0.4, -0.2) is 58.5 Å². The van der Waals surface area contributed by atoms with Crippen molar-refractivity contribution in [3.05, 3.63) is 78.1 Å². The minimum absolute atomic E-state index is 0.0514. The first-order chi connectivity index (χ1) is 17.0. The molecule has 1 amide bonds. The third-order valence-corrected chi connectivity index (χ3v) is 6.44. The molecule has 0 unspecified atom stereocenters. The van der Waals surface area contributed by atoms with Crippen molar-refractivity contribution < 1.29 is 14.3 Å². The highest BCUT2D eigenvalue weighted by molar-refractivity contribution is 5.99. The van der Waals surface area contributed by atoms with E-state index in [9.17, 15) is 4.79 Å². The van der Waals surface area contributed by atoms with Crippen molar-refractivity contribution in [2.45, 2.75) is 6.54 Å². The lowest BCUT2D eigenvalue weighted by Gasteiger charge is -2.34. The molecule has 1 saturated heterocycles. The molecule has 4 aromatic rings. The van der Waals surface area contributed by atoms with Crippen molar-refractivity contribution >= 4 is 22.5 Å². The predicted molar refractivity (Wildman–Crippen MR) is 136 cm³/mol. The maximum atomic E-state index is 13.4. The molecule has 1 aliphatic rings. The largest absolute Gasteiger partial charge is 0.497 e. The molecule has 8 nitrogen and oxygen atoms in total. The first-order valence-electron chi connectivity index (χ1n) is 11.6. The van der Waals surface area contributed by atoms with Crippen molar-refractivity contribution in [3.8, 4) is 17.4 Å². The molecule has 180 valence electrons. The van der Waals surface area contributed by atoms with Gasteiger partial charge in [-0.2, -0.15) is 0 Å². The number of carbonyl (C=O) groups excluding carboxylic acids is 1. The summed E-state index contributed by atoms with van der Waals surface area (Å²) < 4.78 is 13.0. The Morgan fingerprint density at radius 2 is 1.71 bits per heavy atom. The van der Waals surface area contributed by atoms with Gasteiger partial charge in [0.1, 0.15) is 17.2 Å². The second kappa shape index (κ2) is 9.68. The number of hydrogen-bond acceptors (Lipinski definition) is 6. The van der Waals surface area contributed by atoms with E-state index in [0.717, 1.165) is 36.3 Å². The summed E-state index contributed by atoms with van der Waals surface area (Å²) in [5, 5.41) is 0.946. The van der Waals surface area contributed by atoms with Gasteiger partial charge in [-0.05, 0) is 48.0 Å². The number of carbonyl (C=O) groups is 1. The number of methoxy groups -OCH3 is 1. The summed E-state index contributed by atoms with van der Waals surface area (Å²) in [6.07, 6.45) is 1.56. The standard InChI is InChI=1S/C27H29N5O3/c1-30-24-9-8-23(35-26-10-5-21(28)17-29-26)15-20(24)16-25(30)27(33)32-13-11-31(12-14-32)18-19-3-6-22(34-2)7-4-19/h3-10,15-17H,11-14,18,28H2,1-2H3. The van der Waals surface area contributed by atoms with E-state index >= 15 is 0 Å². The van der Waals surface area contributed by atoms with Crippen LogP contribution < -0.4 is 15.2 Å². The molecule has 0 bridgehead atoms. The number of nitrogens with zero attached hydrogens (tertiary/aromatic N) is 4. The summed E-state index contributed by atoms with van der Waals surface area (Å²) >= 11 is 0. The number of aryl methyl sites for hydroxylation is 1. The average Bonchev–Trinajstić information content (AvgIpc) is 3.21. The van der Waals surface area contributed by atoms with Crippen LogP contribution in [0.4, 0.5) is 5.69 Å². The van der Waals surface area contributed by atoms with E-state index in [1.54, 1.807) is 25.4 Å². The maximum Gasteiger partial charge on any atom is 0.270 e. The molecular weight excluding hydrogens is 442 g/mol. The fraction of sp³-hybridized carbons (Fsp3) is 0.259. The van der Waals surface area contributed by atoms with E-state index in [-0.39, 0.29) is 5.91 Å². The van der Waals surface area contributed by atoms with Crippen molar-refractivity contribution in [2.75, 3.05) is 39.0 Å². The van der Waals surface area contributed by atoms with Crippen LogP contribution in [0.3, 0.4) is 0 Å². The van der Waals surface area contributed by atoms with Crippen LogP contribution in [0.1, 0.15) is 16.1 Å². The summed E-state index contributed by atoms with van der Waals surface area (Å²) in [5.74, 6) is 2.04. The monoisotopic (exact) mass is 471 g/mol. The van der Waals surface area contributed by atoms with Gasteiger partial charge in [0.25, 0.3) is 5.91 Å². The van der Waals surface area contributed by atoms with Crippen LogP contribution in [-0.2, 0) is 13.6 Å². The van der Waals surface area contributed by atoms with E-state index in [2.05, 4.69) is 22.0 Å². The van der Waals surface area contributed by atoms with E-state index in [1.165, 1.54) is 5.56 Å². The number of anilines is 1. The van der Waals surface area contributed by atoms with Crippen LogP contribution in [0.5, 0.6) is 17.4 Å². The summed E-state index contributed by atoms with van der Waals surface area (Å²) in [7, 11) is 3.60. The maximum absolute atomic E-state index is 13.4. The zero-order valence-electron chi connectivity index (χ0n) is 20.0. The van der Waals surface area contributed by atoms with Gasteiger partial charge in [0.05, 0.1) is 19.0 Å². The molecule has 2 aromatic carbocycles. The van der Waals surface area contributed by atoms with Crippen molar-refractivity contribution in [1.29, 1.82) is 0 Å². The Balaban J connectivity index is 1.24. The Kier molecular flexibility index (Phi) is 6.29. The normalized spacial score (nSPS) is 14.3. The molecule has 0 spiro atoms. The first-order valence-corrected chi connectivity index (χ1v) is 11.6. The number of pyridine rings is 1. The summed E-state index contributed by atoms with van der Waals surface area (Å²) in [5.41, 5.74) is 9.17. The molecule has 0 aliphatic carbocycles. The minimum atomic E-state index is 0.0514. The van der Waals surface area contributed by atoms with E-state index in [1.807, 2.05) is 52.9 Å². The molecule has 2 aromatic heterocycles. The second-order valence-electron chi connectivity index (χ2n) is 8.76. The summed E-state index contributed by atoms with van der Waals surface area (Å²) in [6, 6.07) is 19.3. The molecule has 5 rings (SSSR count). The molecular formula is C27H29N5O3. The van der Waals surface area contributed by atoms with Gasteiger partial charge in [0, 0.05) is 56.7 Å². The highest BCUT2D eigenvalue weighted by atomic mass is 16.5. The molecule has 0 atom stereocenters. The van der Waals surface area contributed by atoms with Gasteiger partial charge in [-0.25, -0.2) is 4.98 Å². The van der Waals surface area contributed by atoms with Gasteiger partial charge in [0.15, 0.2) is 0 Å². The number of ether oxygens (including phenoxy) is 2. The topological polar surface area (TPSA) is 85.8 Å². The second-order valence-corrected chi connectivity index (χ2v) is 8.76. The van der Waals surface area contributed by atoms with Crippen molar-refractivity contribution in [1.82, 2.24) is 19.4 Å². The number of piperazine rings is 1. The Morgan fingerprint density at radius 3 is 2.40 bits per heavy atom. The molecule has 0 radical (unpaired) electrons. The van der Waals surface area contributed by atoms with Crippen LogP contribution in [0.15, 0.2) is 66.9 Å². The number of hydrogen-bond donors (Lipinski definition) is 1. The van der Waals surface area contributed by atoms with Gasteiger partial charge < -0.3 is 24.7 Å². The highest BCUT2D eigenvalue weighted by Crippen LogP contribution is 2.28. The number of nitrogens with two attached hydrogens (primary N) is 1. The zero-order valence-corrected chi connectivity index (χ0v) is 20.0. The molecule has 3 heterocycles.